The lowest BCUT2D eigenvalue weighted by Crippen LogP contribution is -2.35. The number of hydrogen-bond donors (Lipinski definition) is 2. The van der Waals surface area contributed by atoms with Gasteiger partial charge >= 0.3 is 0 Å². The Labute approximate surface area is 99.6 Å². The van der Waals surface area contributed by atoms with Gasteiger partial charge in [0.15, 0.2) is 0 Å². The van der Waals surface area contributed by atoms with E-state index >= 15 is 0 Å². The summed E-state index contributed by atoms with van der Waals surface area (Å²) in [5.74, 6) is -0.229. The number of hydrogen-bond acceptors (Lipinski definition) is 3. The van der Waals surface area contributed by atoms with Gasteiger partial charge in [0.25, 0.3) is 5.91 Å². The van der Waals surface area contributed by atoms with Crippen molar-refractivity contribution in [2.75, 3.05) is 6.61 Å². The number of carbonyl (C=O) groups excluding carboxylic acids is 1. The lowest BCUT2D eigenvalue weighted by atomic mass is 10.1. The van der Waals surface area contributed by atoms with Crippen LogP contribution in [0.15, 0.2) is 18.5 Å². The van der Waals surface area contributed by atoms with Gasteiger partial charge in [-0.05, 0) is 18.9 Å². The SMILES string of the molecule is CC[C@H](CCO)NC(=O)c1ccncc1Cl. The van der Waals surface area contributed by atoms with E-state index in [0.717, 1.165) is 6.42 Å². The molecule has 5 heteroatoms. The molecule has 0 saturated heterocycles. The first kappa shape index (κ1) is 12.9. The molecule has 0 saturated carbocycles. The molecule has 0 spiro atoms. The highest BCUT2D eigenvalue weighted by Crippen LogP contribution is 2.13. The van der Waals surface area contributed by atoms with Crippen molar-refractivity contribution in [2.45, 2.75) is 25.8 Å². The zero-order valence-electron chi connectivity index (χ0n) is 9.11. The number of halogens is 1. The molecule has 0 fully saturated rings. The molecule has 1 rings (SSSR count). The van der Waals surface area contributed by atoms with Crippen molar-refractivity contribution >= 4 is 17.5 Å². The number of carbonyl (C=O) groups is 1. The molecule has 1 aromatic heterocycles. The van der Waals surface area contributed by atoms with Gasteiger partial charge in [0, 0.05) is 25.0 Å². The van der Waals surface area contributed by atoms with Gasteiger partial charge < -0.3 is 10.4 Å². The number of pyridine rings is 1. The molecular formula is C11H15ClN2O2. The molecule has 1 heterocycles. The average molecular weight is 243 g/mol. The zero-order chi connectivity index (χ0) is 12.0. The van der Waals surface area contributed by atoms with Crippen molar-refractivity contribution in [3.63, 3.8) is 0 Å². The lowest BCUT2D eigenvalue weighted by molar-refractivity contribution is 0.0929. The topological polar surface area (TPSA) is 62.2 Å². The molecule has 0 aliphatic carbocycles. The summed E-state index contributed by atoms with van der Waals surface area (Å²) in [4.78, 5) is 15.6. The van der Waals surface area contributed by atoms with E-state index in [9.17, 15) is 4.79 Å². The third kappa shape index (κ3) is 3.47. The van der Waals surface area contributed by atoms with E-state index in [-0.39, 0.29) is 18.6 Å². The van der Waals surface area contributed by atoms with Crippen LogP contribution in [0.3, 0.4) is 0 Å². The first-order chi connectivity index (χ1) is 7.69. The number of nitrogens with one attached hydrogen (secondary N) is 1. The summed E-state index contributed by atoms with van der Waals surface area (Å²) in [6.45, 7) is 2.01. The summed E-state index contributed by atoms with van der Waals surface area (Å²) in [5.41, 5.74) is 0.410. The predicted molar refractivity (Wildman–Crippen MR) is 62.5 cm³/mol. The lowest BCUT2D eigenvalue weighted by Gasteiger charge is -2.15. The molecule has 0 unspecified atom stereocenters. The van der Waals surface area contributed by atoms with Crippen molar-refractivity contribution in [1.82, 2.24) is 10.3 Å². The molecule has 2 N–H and O–H groups in total. The Morgan fingerprint density at radius 3 is 3.00 bits per heavy atom. The van der Waals surface area contributed by atoms with E-state index in [1.54, 1.807) is 6.07 Å². The van der Waals surface area contributed by atoms with Crippen LogP contribution >= 0.6 is 11.6 Å². The van der Waals surface area contributed by atoms with Crippen molar-refractivity contribution in [2.24, 2.45) is 0 Å². The first-order valence-electron chi connectivity index (χ1n) is 5.20. The van der Waals surface area contributed by atoms with Crippen LogP contribution in [0.5, 0.6) is 0 Å². The van der Waals surface area contributed by atoms with Gasteiger partial charge in [-0.2, -0.15) is 0 Å². The van der Waals surface area contributed by atoms with E-state index in [1.807, 2.05) is 6.92 Å². The normalized spacial score (nSPS) is 12.2. The van der Waals surface area contributed by atoms with Crippen LogP contribution in [0.4, 0.5) is 0 Å². The Kier molecular flexibility index (Phi) is 5.22. The molecule has 0 bridgehead atoms. The first-order valence-corrected chi connectivity index (χ1v) is 5.58. The van der Waals surface area contributed by atoms with Gasteiger partial charge in [0.2, 0.25) is 0 Å². The van der Waals surface area contributed by atoms with Gasteiger partial charge in [-0.15, -0.1) is 0 Å². The van der Waals surface area contributed by atoms with E-state index in [1.165, 1.54) is 12.4 Å². The fourth-order valence-corrected chi connectivity index (χ4v) is 1.56. The van der Waals surface area contributed by atoms with Crippen LogP contribution in [0, 0.1) is 0 Å². The zero-order valence-corrected chi connectivity index (χ0v) is 9.87. The maximum Gasteiger partial charge on any atom is 0.253 e. The molecule has 1 atom stereocenters. The van der Waals surface area contributed by atoms with Crippen LogP contribution in [0.25, 0.3) is 0 Å². The Hall–Kier alpha value is -1.13. The predicted octanol–water partition coefficient (Wildman–Crippen LogP) is 1.63. The largest absolute Gasteiger partial charge is 0.396 e. The maximum atomic E-state index is 11.8. The molecular weight excluding hydrogens is 228 g/mol. The number of rotatable bonds is 5. The highest BCUT2D eigenvalue weighted by atomic mass is 35.5. The number of nitrogens with zero attached hydrogens (tertiary/aromatic N) is 1. The third-order valence-corrected chi connectivity index (χ3v) is 2.62. The molecule has 4 nitrogen and oxygen atoms in total. The number of aliphatic hydroxyl groups is 1. The smallest absolute Gasteiger partial charge is 0.253 e. The minimum Gasteiger partial charge on any atom is -0.396 e. The highest BCUT2D eigenvalue weighted by Gasteiger charge is 2.14. The van der Waals surface area contributed by atoms with E-state index in [0.29, 0.717) is 17.0 Å². The Morgan fingerprint density at radius 2 is 2.44 bits per heavy atom. The summed E-state index contributed by atoms with van der Waals surface area (Å²) in [6.07, 6.45) is 4.27. The maximum absolute atomic E-state index is 11.8. The van der Waals surface area contributed by atoms with Gasteiger partial charge in [-0.25, -0.2) is 0 Å². The molecule has 0 radical (unpaired) electrons. The van der Waals surface area contributed by atoms with Crippen molar-refractivity contribution < 1.29 is 9.90 Å². The Bertz CT molecular complexity index is 358. The fourth-order valence-electron chi connectivity index (χ4n) is 1.36. The van der Waals surface area contributed by atoms with Crippen molar-refractivity contribution in [1.29, 1.82) is 0 Å². The molecule has 0 aliphatic heterocycles. The summed E-state index contributed by atoms with van der Waals surface area (Å²) < 4.78 is 0. The summed E-state index contributed by atoms with van der Waals surface area (Å²) in [6, 6.07) is 1.55. The Balaban J connectivity index is 2.68. The van der Waals surface area contributed by atoms with Gasteiger partial charge in [0.1, 0.15) is 0 Å². The molecule has 0 aromatic carbocycles. The monoisotopic (exact) mass is 242 g/mol. The average Bonchev–Trinajstić information content (AvgIpc) is 2.28. The molecule has 0 aliphatic rings. The molecule has 16 heavy (non-hydrogen) atoms. The fraction of sp³-hybridized carbons (Fsp3) is 0.455. The second-order valence-corrected chi connectivity index (χ2v) is 3.85. The summed E-state index contributed by atoms with van der Waals surface area (Å²) >= 11 is 5.85. The van der Waals surface area contributed by atoms with Crippen LogP contribution in [-0.2, 0) is 0 Å². The second kappa shape index (κ2) is 6.45. The molecule has 88 valence electrons. The van der Waals surface area contributed by atoms with Crippen LogP contribution in [0.2, 0.25) is 5.02 Å². The van der Waals surface area contributed by atoms with Crippen LogP contribution < -0.4 is 5.32 Å². The quantitative estimate of drug-likeness (QED) is 0.825. The Morgan fingerprint density at radius 1 is 1.69 bits per heavy atom. The van der Waals surface area contributed by atoms with Gasteiger partial charge in [0.05, 0.1) is 10.6 Å². The number of amides is 1. The van der Waals surface area contributed by atoms with E-state index < -0.39 is 0 Å². The summed E-state index contributed by atoms with van der Waals surface area (Å²) in [7, 11) is 0. The number of aromatic nitrogens is 1. The standard InChI is InChI=1S/C11H15ClN2O2/c1-2-8(4-6-15)14-11(16)9-3-5-13-7-10(9)12/h3,5,7-8,15H,2,4,6H2,1H3,(H,14,16)/t8-/m1/s1. The molecule has 1 aromatic rings. The minimum absolute atomic E-state index is 0.0262. The highest BCUT2D eigenvalue weighted by molar-refractivity contribution is 6.33. The summed E-state index contributed by atoms with van der Waals surface area (Å²) in [5, 5.41) is 12.0. The number of aliphatic hydroxyl groups excluding tert-OH is 1. The van der Waals surface area contributed by atoms with Crippen LogP contribution in [0.1, 0.15) is 30.1 Å². The van der Waals surface area contributed by atoms with Gasteiger partial charge in [-0.1, -0.05) is 18.5 Å². The van der Waals surface area contributed by atoms with Crippen molar-refractivity contribution in [3.05, 3.63) is 29.0 Å². The van der Waals surface area contributed by atoms with Crippen LogP contribution in [-0.4, -0.2) is 28.6 Å². The molecule has 1 amide bonds. The van der Waals surface area contributed by atoms with Crippen molar-refractivity contribution in [3.8, 4) is 0 Å². The minimum atomic E-state index is -0.229. The third-order valence-electron chi connectivity index (χ3n) is 2.32. The van der Waals surface area contributed by atoms with E-state index in [2.05, 4.69) is 10.3 Å². The van der Waals surface area contributed by atoms with Gasteiger partial charge in [-0.3, -0.25) is 9.78 Å². The van der Waals surface area contributed by atoms with E-state index in [4.69, 9.17) is 16.7 Å². The second-order valence-electron chi connectivity index (χ2n) is 3.45.